The number of hydrogen-bond acceptors (Lipinski definition) is 4. The molecule has 1 amide bonds. The van der Waals surface area contributed by atoms with E-state index in [1.807, 2.05) is 0 Å². The minimum absolute atomic E-state index is 0.140. The zero-order valence-corrected chi connectivity index (χ0v) is 15.3. The lowest BCUT2D eigenvalue weighted by molar-refractivity contribution is -0.117. The summed E-state index contributed by atoms with van der Waals surface area (Å²) in [6.45, 7) is -0.384. The Morgan fingerprint density at radius 2 is 1.96 bits per heavy atom. The molecule has 0 saturated heterocycles. The number of nitrogens with zero attached hydrogens (tertiary/aromatic N) is 2. The largest absolute Gasteiger partial charge is 0.496 e. The van der Waals surface area contributed by atoms with Crippen LogP contribution in [-0.2, 0) is 11.3 Å². The van der Waals surface area contributed by atoms with Crippen LogP contribution < -0.4 is 15.6 Å². The Balaban J connectivity index is 1.85. The molecule has 0 aliphatic heterocycles. The van der Waals surface area contributed by atoms with Crippen molar-refractivity contribution in [2.75, 3.05) is 12.4 Å². The summed E-state index contributed by atoms with van der Waals surface area (Å²) in [5.74, 6) is -1.41. The van der Waals surface area contributed by atoms with Crippen molar-refractivity contribution in [1.82, 2.24) is 9.78 Å². The highest BCUT2D eigenvalue weighted by Gasteiger charge is 2.13. The number of hydrogen-bond donors (Lipinski definition) is 1. The number of methoxy groups -OCH3 is 1. The van der Waals surface area contributed by atoms with Crippen LogP contribution in [0.2, 0.25) is 5.02 Å². The van der Waals surface area contributed by atoms with Crippen LogP contribution in [0.25, 0.3) is 11.3 Å². The third-order valence-corrected chi connectivity index (χ3v) is 4.09. The van der Waals surface area contributed by atoms with Crippen molar-refractivity contribution >= 4 is 23.2 Å². The van der Waals surface area contributed by atoms with Gasteiger partial charge in [-0.1, -0.05) is 11.6 Å². The molecule has 0 atom stereocenters. The van der Waals surface area contributed by atoms with Gasteiger partial charge in [0.15, 0.2) is 0 Å². The van der Waals surface area contributed by atoms with Gasteiger partial charge in [-0.15, -0.1) is 0 Å². The molecule has 3 aromatic rings. The number of amides is 1. The Morgan fingerprint density at radius 1 is 1.18 bits per heavy atom. The van der Waals surface area contributed by atoms with E-state index in [4.69, 9.17) is 16.3 Å². The second-order valence-electron chi connectivity index (χ2n) is 5.74. The third kappa shape index (κ3) is 4.34. The van der Waals surface area contributed by atoms with Crippen molar-refractivity contribution in [3.05, 3.63) is 75.5 Å². The van der Waals surface area contributed by atoms with Gasteiger partial charge in [0.25, 0.3) is 5.56 Å². The number of carbonyl (C=O) groups excluding carboxylic acids is 1. The first-order valence-corrected chi connectivity index (χ1v) is 8.42. The number of aromatic nitrogens is 2. The highest BCUT2D eigenvalue weighted by molar-refractivity contribution is 6.31. The summed E-state index contributed by atoms with van der Waals surface area (Å²) in [6.07, 6.45) is 0. The van der Waals surface area contributed by atoms with Crippen molar-refractivity contribution in [1.29, 1.82) is 0 Å². The number of anilines is 1. The first kappa shape index (κ1) is 19.5. The van der Waals surface area contributed by atoms with E-state index >= 15 is 0 Å². The van der Waals surface area contributed by atoms with Gasteiger partial charge in [-0.05, 0) is 36.4 Å². The van der Waals surface area contributed by atoms with Crippen LogP contribution in [0.3, 0.4) is 0 Å². The van der Waals surface area contributed by atoms with Gasteiger partial charge in [-0.2, -0.15) is 5.10 Å². The highest BCUT2D eigenvalue weighted by Crippen LogP contribution is 2.28. The van der Waals surface area contributed by atoms with E-state index in [1.54, 1.807) is 0 Å². The third-order valence-electron chi connectivity index (χ3n) is 3.80. The van der Waals surface area contributed by atoms with Gasteiger partial charge in [0.2, 0.25) is 5.91 Å². The van der Waals surface area contributed by atoms with Crippen molar-refractivity contribution in [3.8, 4) is 17.0 Å². The molecule has 0 aliphatic rings. The number of ether oxygens (including phenoxy) is 1. The molecule has 1 heterocycles. The van der Waals surface area contributed by atoms with Gasteiger partial charge >= 0.3 is 0 Å². The molecular weight excluding hydrogens is 392 g/mol. The second kappa shape index (κ2) is 8.18. The maximum absolute atomic E-state index is 13.4. The summed E-state index contributed by atoms with van der Waals surface area (Å²) in [5, 5.41) is 6.52. The quantitative estimate of drug-likeness (QED) is 0.705. The van der Waals surface area contributed by atoms with Crippen molar-refractivity contribution in [2.45, 2.75) is 6.54 Å². The van der Waals surface area contributed by atoms with Crippen LogP contribution in [0.5, 0.6) is 5.75 Å². The summed E-state index contributed by atoms with van der Waals surface area (Å²) < 4.78 is 32.7. The monoisotopic (exact) mass is 405 g/mol. The number of nitrogens with one attached hydrogen (secondary N) is 1. The SMILES string of the molecule is COc1cc(F)ccc1-c1ccc(=O)n(CC(=O)Nc2ccc(F)c(Cl)c2)n1. The Morgan fingerprint density at radius 3 is 2.68 bits per heavy atom. The predicted molar refractivity (Wildman–Crippen MR) is 100 cm³/mol. The van der Waals surface area contributed by atoms with Gasteiger partial charge < -0.3 is 10.1 Å². The Bertz CT molecular complexity index is 1100. The number of benzene rings is 2. The van der Waals surface area contributed by atoms with Crippen LogP contribution in [0, 0.1) is 11.6 Å². The van der Waals surface area contributed by atoms with E-state index in [9.17, 15) is 18.4 Å². The van der Waals surface area contributed by atoms with Crippen LogP contribution in [0.4, 0.5) is 14.5 Å². The minimum atomic E-state index is -0.613. The molecule has 6 nitrogen and oxygen atoms in total. The average Bonchev–Trinajstić information content (AvgIpc) is 2.66. The molecule has 0 aliphatic carbocycles. The molecule has 1 N–H and O–H groups in total. The van der Waals surface area contributed by atoms with Crippen LogP contribution in [0.15, 0.2) is 53.3 Å². The van der Waals surface area contributed by atoms with E-state index in [-0.39, 0.29) is 23.0 Å². The van der Waals surface area contributed by atoms with E-state index in [0.717, 1.165) is 10.7 Å². The fourth-order valence-corrected chi connectivity index (χ4v) is 2.67. The van der Waals surface area contributed by atoms with Gasteiger partial charge in [0, 0.05) is 23.4 Å². The smallest absolute Gasteiger partial charge is 0.267 e. The zero-order chi connectivity index (χ0) is 20.3. The van der Waals surface area contributed by atoms with Crippen LogP contribution >= 0.6 is 11.6 Å². The lowest BCUT2D eigenvalue weighted by Crippen LogP contribution is -2.29. The summed E-state index contributed by atoms with van der Waals surface area (Å²) in [4.78, 5) is 24.3. The van der Waals surface area contributed by atoms with Gasteiger partial charge in [0.05, 0.1) is 17.8 Å². The first-order chi connectivity index (χ1) is 13.4. The second-order valence-corrected chi connectivity index (χ2v) is 6.14. The Kier molecular flexibility index (Phi) is 5.70. The van der Waals surface area contributed by atoms with E-state index in [0.29, 0.717) is 11.3 Å². The number of carbonyl (C=O) groups is 1. The summed E-state index contributed by atoms with van der Waals surface area (Å²) in [5.41, 5.74) is 0.565. The van der Waals surface area contributed by atoms with Crippen molar-refractivity contribution in [2.24, 2.45) is 0 Å². The van der Waals surface area contributed by atoms with Crippen LogP contribution in [0.1, 0.15) is 0 Å². The molecular formula is C19H14ClF2N3O3. The topological polar surface area (TPSA) is 73.2 Å². The lowest BCUT2D eigenvalue weighted by atomic mass is 10.1. The molecule has 9 heteroatoms. The Hall–Kier alpha value is -3.26. The predicted octanol–water partition coefficient (Wildman–Crippen LogP) is 3.49. The molecule has 0 radical (unpaired) electrons. The zero-order valence-electron chi connectivity index (χ0n) is 14.6. The van der Waals surface area contributed by atoms with E-state index in [2.05, 4.69) is 10.4 Å². The molecule has 0 bridgehead atoms. The van der Waals surface area contributed by atoms with Gasteiger partial charge in [0.1, 0.15) is 23.9 Å². The molecule has 0 fully saturated rings. The Labute approximate surface area is 163 Å². The maximum atomic E-state index is 13.4. The molecule has 144 valence electrons. The molecule has 3 rings (SSSR count). The fraction of sp³-hybridized carbons (Fsp3) is 0.105. The maximum Gasteiger partial charge on any atom is 0.267 e. The lowest BCUT2D eigenvalue weighted by Gasteiger charge is -2.11. The summed E-state index contributed by atoms with van der Waals surface area (Å²) in [6, 6.07) is 10.3. The minimum Gasteiger partial charge on any atom is -0.496 e. The van der Waals surface area contributed by atoms with Gasteiger partial charge in [-0.3, -0.25) is 9.59 Å². The molecule has 28 heavy (non-hydrogen) atoms. The molecule has 1 aromatic heterocycles. The summed E-state index contributed by atoms with van der Waals surface area (Å²) in [7, 11) is 1.38. The van der Waals surface area contributed by atoms with Crippen LogP contribution in [-0.4, -0.2) is 22.8 Å². The molecule has 0 unspecified atom stereocenters. The van der Waals surface area contributed by atoms with Crippen molar-refractivity contribution < 1.29 is 18.3 Å². The van der Waals surface area contributed by atoms with Crippen molar-refractivity contribution in [3.63, 3.8) is 0 Å². The van der Waals surface area contributed by atoms with E-state index < -0.39 is 23.1 Å². The first-order valence-electron chi connectivity index (χ1n) is 8.04. The average molecular weight is 406 g/mol. The van der Waals surface area contributed by atoms with E-state index in [1.165, 1.54) is 49.6 Å². The number of halogens is 3. The molecule has 2 aromatic carbocycles. The normalized spacial score (nSPS) is 10.6. The molecule has 0 spiro atoms. The standard InChI is InChI=1S/C19H14ClF2N3O3/c1-28-17-8-11(21)2-4-13(17)16-6-7-19(27)25(24-16)10-18(26)23-12-3-5-15(22)14(20)9-12/h2-9H,10H2,1H3,(H,23,26). The fourth-order valence-electron chi connectivity index (χ4n) is 2.49. The molecule has 0 saturated carbocycles. The van der Waals surface area contributed by atoms with Gasteiger partial charge in [-0.25, -0.2) is 13.5 Å². The highest BCUT2D eigenvalue weighted by atomic mass is 35.5. The summed E-state index contributed by atoms with van der Waals surface area (Å²) >= 11 is 5.68. The number of rotatable bonds is 5.